The summed E-state index contributed by atoms with van der Waals surface area (Å²) in [6, 6.07) is 20.3. The first kappa shape index (κ1) is 16.5. The second-order valence-corrected chi connectivity index (χ2v) is 5.53. The molecular weight excluding hydrogens is 316 g/mol. The van der Waals surface area contributed by atoms with Gasteiger partial charge in [0.25, 0.3) is 5.91 Å². The van der Waals surface area contributed by atoms with Crippen molar-refractivity contribution in [2.24, 2.45) is 5.10 Å². The number of para-hydroxylation sites is 1. The molecule has 25 heavy (non-hydrogen) atoms. The Balaban J connectivity index is 1.65. The molecule has 0 aliphatic carbocycles. The zero-order chi connectivity index (χ0) is 17.6. The van der Waals surface area contributed by atoms with Crippen molar-refractivity contribution in [3.63, 3.8) is 0 Å². The molecule has 0 saturated carbocycles. The molecule has 1 amide bonds. The molecule has 126 valence electrons. The Morgan fingerprint density at radius 2 is 1.80 bits per heavy atom. The van der Waals surface area contributed by atoms with E-state index in [1.807, 2.05) is 42.5 Å². The number of phenols is 1. The first-order valence-electron chi connectivity index (χ1n) is 7.90. The molecule has 1 atom stereocenters. The molecule has 3 aromatic carbocycles. The fraction of sp³-hybridized carbons (Fsp3) is 0.100. The average Bonchev–Trinajstić information content (AvgIpc) is 2.63. The van der Waals surface area contributed by atoms with Crippen molar-refractivity contribution in [1.82, 2.24) is 5.43 Å². The standard InChI is InChI=1S/C20H18N2O3/c1-14(20(24)22-21-13-16-8-3-5-11-18(16)23)25-19-12-6-9-15-7-2-4-10-17(15)19/h2-14,23H,1H3,(H,22,24)/b21-13-/t14-/m0/s1. The third kappa shape index (κ3) is 3.95. The molecule has 0 aliphatic rings. The second-order valence-electron chi connectivity index (χ2n) is 5.53. The van der Waals surface area contributed by atoms with E-state index in [9.17, 15) is 9.90 Å². The van der Waals surface area contributed by atoms with Gasteiger partial charge in [-0.15, -0.1) is 0 Å². The molecule has 5 nitrogen and oxygen atoms in total. The number of hydrogen-bond acceptors (Lipinski definition) is 4. The van der Waals surface area contributed by atoms with Crippen LogP contribution in [0.15, 0.2) is 71.8 Å². The highest BCUT2D eigenvalue weighted by atomic mass is 16.5. The number of amides is 1. The molecule has 0 aliphatic heterocycles. The molecule has 0 bridgehead atoms. The van der Waals surface area contributed by atoms with Crippen molar-refractivity contribution in [1.29, 1.82) is 0 Å². The third-order valence-electron chi connectivity index (χ3n) is 3.74. The van der Waals surface area contributed by atoms with Crippen LogP contribution in [0.2, 0.25) is 0 Å². The van der Waals surface area contributed by atoms with Crippen LogP contribution < -0.4 is 10.2 Å². The SMILES string of the molecule is C[C@H](Oc1cccc2ccccc12)C(=O)N/N=C\c1ccccc1O. The number of carbonyl (C=O) groups is 1. The highest BCUT2D eigenvalue weighted by molar-refractivity contribution is 5.89. The van der Waals surface area contributed by atoms with Crippen LogP contribution in [-0.2, 0) is 4.79 Å². The van der Waals surface area contributed by atoms with Crippen molar-refractivity contribution in [3.05, 3.63) is 72.3 Å². The summed E-state index contributed by atoms with van der Waals surface area (Å²) in [5, 5.41) is 15.5. The fourth-order valence-corrected chi connectivity index (χ4v) is 2.40. The maximum atomic E-state index is 12.1. The van der Waals surface area contributed by atoms with Gasteiger partial charge in [-0.2, -0.15) is 5.10 Å². The van der Waals surface area contributed by atoms with Crippen LogP contribution in [0.3, 0.4) is 0 Å². The molecule has 0 radical (unpaired) electrons. The van der Waals surface area contributed by atoms with Crippen LogP contribution in [0.1, 0.15) is 12.5 Å². The number of fused-ring (bicyclic) bond motifs is 1. The fourth-order valence-electron chi connectivity index (χ4n) is 2.40. The number of phenolic OH excluding ortho intramolecular Hbond substituents is 1. The van der Waals surface area contributed by atoms with Gasteiger partial charge in [-0.25, -0.2) is 5.43 Å². The number of nitrogens with one attached hydrogen (secondary N) is 1. The van der Waals surface area contributed by atoms with E-state index in [2.05, 4.69) is 10.5 Å². The van der Waals surface area contributed by atoms with Crippen molar-refractivity contribution < 1.29 is 14.6 Å². The second kappa shape index (κ2) is 7.49. The molecular formula is C20H18N2O3. The molecule has 0 aromatic heterocycles. The Morgan fingerprint density at radius 3 is 2.64 bits per heavy atom. The summed E-state index contributed by atoms with van der Waals surface area (Å²) in [5.41, 5.74) is 2.94. The van der Waals surface area contributed by atoms with Gasteiger partial charge < -0.3 is 9.84 Å². The third-order valence-corrected chi connectivity index (χ3v) is 3.74. The van der Waals surface area contributed by atoms with Gasteiger partial charge in [-0.1, -0.05) is 48.5 Å². The van der Waals surface area contributed by atoms with Crippen LogP contribution >= 0.6 is 0 Å². The summed E-state index contributed by atoms with van der Waals surface area (Å²) < 4.78 is 5.78. The van der Waals surface area contributed by atoms with Crippen LogP contribution in [-0.4, -0.2) is 23.3 Å². The summed E-state index contributed by atoms with van der Waals surface area (Å²) in [4.78, 5) is 12.1. The number of hydrazone groups is 1. The van der Waals surface area contributed by atoms with Crippen molar-refractivity contribution >= 4 is 22.9 Å². The number of rotatable bonds is 5. The molecule has 3 rings (SSSR count). The number of aromatic hydroxyl groups is 1. The Kier molecular flexibility index (Phi) is 4.95. The first-order chi connectivity index (χ1) is 12.1. The summed E-state index contributed by atoms with van der Waals surface area (Å²) in [5.74, 6) is 0.366. The van der Waals surface area contributed by atoms with Gasteiger partial charge in [-0.3, -0.25) is 4.79 Å². The number of nitrogens with zero attached hydrogens (tertiary/aromatic N) is 1. The summed E-state index contributed by atoms with van der Waals surface area (Å²) in [7, 11) is 0. The molecule has 0 unspecified atom stereocenters. The van der Waals surface area contributed by atoms with Crippen molar-refractivity contribution in [2.75, 3.05) is 0 Å². The molecule has 2 N–H and O–H groups in total. The number of hydrogen-bond donors (Lipinski definition) is 2. The lowest BCUT2D eigenvalue weighted by Gasteiger charge is -2.14. The first-order valence-corrected chi connectivity index (χ1v) is 7.90. The number of benzene rings is 3. The minimum atomic E-state index is -0.715. The zero-order valence-electron chi connectivity index (χ0n) is 13.7. The van der Waals surface area contributed by atoms with Gasteiger partial charge in [0.05, 0.1) is 6.21 Å². The lowest BCUT2D eigenvalue weighted by Crippen LogP contribution is -2.33. The van der Waals surface area contributed by atoms with E-state index >= 15 is 0 Å². The Bertz CT molecular complexity index is 916. The van der Waals surface area contributed by atoms with Gasteiger partial charge in [0.15, 0.2) is 6.10 Å². The number of carbonyl (C=O) groups excluding carboxylic acids is 1. The number of ether oxygens (including phenoxy) is 1. The molecule has 0 saturated heterocycles. The quantitative estimate of drug-likeness (QED) is 0.554. The predicted molar refractivity (Wildman–Crippen MR) is 97.9 cm³/mol. The highest BCUT2D eigenvalue weighted by Crippen LogP contribution is 2.26. The van der Waals surface area contributed by atoms with E-state index in [0.29, 0.717) is 11.3 Å². The Hall–Kier alpha value is -3.34. The smallest absolute Gasteiger partial charge is 0.280 e. The Morgan fingerprint density at radius 1 is 1.08 bits per heavy atom. The van der Waals surface area contributed by atoms with Gasteiger partial charge in [0.1, 0.15) is 11.5 Å². The largest absolute Gasteiger partial charge is 0.507 e. The van der Waals surface area contributed by atoms with Gasteiger partial charge in [0.2, 0.25) is 0 Å². The summed E-state index contributed by atoms with van der Waals surface area (Å²) in [6.07, 6.45) is 0.671. The van der Waals surface area contributed by atoms with Gasteiger partial charge >= 0.3 is 0 Å². The van der Waals surface area contributed by atoms with Crippen LogP contribution in [0.4, 0.5) is 0 Å². The average molecular weight is 334 g/mol. The van der Waals surface area contributed by atoms with Crippen LogP contribution in [0.25, 0.3) is 10.8 Å². The molecule has 3 aromatic rings. The highest BCUT2D eigenvalue weighted by Gasteiger charge is 2.15. The van der Waals surface area contributed by atoms with E-state index in [1.165, 1.54) is 6.21 Å². The van der Waals surface area contributed by atoms with Gasteiger partial charge in [-0.05, 0) is 30.5 Å². The normalized spacial score (nSPS) is 12.2. The van der Waals surface area contributed by atoms with Crippen molar-refractivity contribution in [3.8, 4) is 11.5 Å². The predicted octanol–water partition coefficient (Wildman–Crippen LogP) is 3.46. The monoisotopic (exact) mass is 334 g/mol. The van der Waals surface area contributed by atoms with Gasteiger partial charge in [0, 0.05) is 10.9 Å². The molecule has 0 fully saturated rings. The topological polar surface area (TPSA) is 70.9 Å². The maximum absolute atomic E-state index is 12.1. The summed E-state index contributed by atoms with van der Waals surface area (Å²) >= 11 is 0. The lowest BCUT2D eigenvalue weighted by atomic mass is 10.1. The zero-order valence-corrected chi connectivity index (χ0v) is 13.7. The van der Waals surface area contributed by atoms with E-state index in [0.717, 1.165) is 10.8 Å². The lowest BCUT2D eigenvalue weighted by molar-refractivity contribution is -0.127. The van der Waals surface area contributed by atoms with E-state index in [-0.39, 0.29) is 11.7 Å². The van der Waals surface area contributed by atoms with Crippen molar-refractivity contribution in [2.45, 2.75) is 13.0 Å². The minimum absolute atomic E-state index is 0.0977. The Labute approximate surface area is 145 Å². The van der Waals surface area contributed by atoms with E-state index in [1.54, 1.807) is 31.2 Å². The minimum Gasteiger partial charge on any atom is -0.507 e. The van der Waals surface area contributed by atoms with Crippen LogP contribution in [0.5, 0.6) is 11.5 Å². The maximum Gasteiger partial charge on any atom is 0.280 e. The van der Waals surface area contributed by atoms with E-state index in [4.69, 9.17) is 4.74 Å². The summed E-state index contributed by atoms with van der Waals surface area (Å²) in [6.45, 7) is 1.66. The molecule has 0 spiro atoms. The molecule has 0 heterocycles. The molecule has 5 heteroatoms. The van der Waals surface area contributed by atoms with E-state index < -0.39 is 6.10 Å². The van der Waals surface area contributed by atoms with Crippen LogP contribution in [0, 0.1) is 0 Å².